The van der Waals surface area contributed by atoms with E-state index in [1.54, 1.807) is 94.1 Å². The highest BCUT2D eigenvalue weighted by Gasteiger charge is 2.02. The number of rotatable bonds is 28. The van der Waals surface area contributed by atoms with Gasteiger partial charge in [0.15, 0.2) is 0 Å². The largest absolute Gasteiger partial charge is 0.386 e. The molecule has 0 rings (SSSR count). The third kappa shape index (κ3) is 34.6. The highest BCUT2D eigenvalue weighted by atomic mass is 32.3. The van der Waals surface area contributed by atoms with E-state index in [0.29, 0.717) is 28.7 Å². The molecule has 1 amide bonds. The summed E-state index contributed by atoms with van der Waals surface area (Å²) < 4.78 is 11.7. The van der Waals surface area contributed by atoms with Crippen LogP contribution in [0.4, 0.5) is 4.79 Å². The minimum absolute atomic E-state index is 0.00765. The molecule has 0 saturated heterocycles. The van der Waals surface area contributed by atoms with E-state index in [1.807, 2.05) is 0 Å². The van der Waals surface area contributed by atoms with Gasteiger partial charge < -0.3 is 15.3 Å². The molecule has 0 aromatic heterocycles. The van der Waals surface area contributed by atoms with Gasteiger partial charge in [0.05, 0.1) is 45.0 Å². The average Bonchev–Trinajstić information content (AvgIpc) is 2.90. The maximum Gasteiger partial charge on any atom is 0.280 e. The van der Waals surface area contributed by atoms with Gasteiger partial charge in [-0.2, -0.15) is 16.6 Å². The lowest BCUT2D eigenvalue weighted by Gasteiger charge is -2.05. The third-order valence-corrected chi connectivity index (χ3v) is 16.0. The summed E-state index contributed by atoms with van der Waals surface area (Å²) in [6.07, 6.45) is 3.40. The summed E-state index contributed by atoms with van der Waals surface area (Å²) in [5.41, 5.74) is 1.50. The SMILES string of the molecule is CSCSC/N=C/OOCSCSCSCSC(=O)NCSCSCSC/N=C\S(=O)CSCSCO. The fourth-order valence-corrected chi connectivity index (χ4v) is 12.5. The van der Waals surface area contributed by atoms with Crippen molar-refractivity contribution >= 4 is 157 Å². The van der Waals surface area contributed by atoms with Crippen molar-refractivity contribution in [2.45, 2.75) is 0 Å². The van der Waals surface area contributed by atoms with Crippen LogP contribution in [-0.4, -0.2) is 103 Å². The monoisotopic (exact) mass is 743 g/mol. The normalized spacial score (nSPS) is 12.5. The van der Waals surface area contributed by atoms with Gasteiger partial charge in [0, 0.05) is 35.6 Å². The van der Waals surface area contributed by atoms with Gasteiger partial charge in [-0.05, 0) is 6.26 Å². The van der Waals surface area contributed by atoms with E-state index < -0.39 is 10.8 Å². The van der Waals surface area contributed by atoms with Crippen molar-refractivity contribution in [1.82, 2.24) is 5.32 Å². The molecule has 37 heavy (non-hydrogen) atoms. The Kier molecular flexibility index (Phi) is 37.1. The summed E-state index contributed by atoms with van der Waals surface area (Å²) in [4.78, 5) is 29.9. The number of hydrogen-bond acceptors (Lipinski definition) is 18. The predicted octanol–water partition coefficient (Wildman–Crippen LogP) is 6.58. The fraction of sp³-hybridized carbons (Fsp3) is 0.824. The Morgan fingerprint density at radius 2 is 1.54 bits per heavy atom. The van der Waals surface area contributed by atoms with Crippen LogP contribution in [0, 0.1) is 0 Å². The molecule has 0 aromatic carbocycles. The van der Waals surface area contributed by atoms with Gasteiger partial charge in [-0.25, -0.2) is 4.99 Å². The lowest BCUT2D eigenvalue weighted by Crippen LogP contribution is -2.17. The first-order chi connectivity index (χ1) is 18.2. The van der Waals surface area contributed by atoms with E-state index >= 15 is 0 Å². The molecule has 218 valence electrons. The minimum atomic E-state index is -1.06. The standard InChI is InChI=1S/C17H33N3O5S12/c1-26-9-27-3-18-2-24-25-8-31-13-33-14-34-15-36-17(22)20-5-29-11-32-10-28-4-19-6-37(23)16-35-12-30-7-21/h2,6,21H,3-5,7-16H2,1H3,(H,20,22)/b18-2+,19-6-. The van der Waals surface area contributed by atoms with Crippen LogP contribution in [0.3, 0.4) is 0 Å². The summed E-state index contributed by atoms with van der Waals surface area (Å²) in [5.74, 6) is 2.42. The zero-order valence-electron chi connectivity index (χ0n) is 20.2. The molecular formula is C17H33N3O5S12. The van der Waals surface area contributed by atoms with Gasteiger partial charge in [0.1, 0.15) is 5.94 Å². The zero-order valence-corrected chi connectivity index (χ0v) is 30.0. The molecule has 0 heterocycles. The summed E-state index contributed by atoms with van der Waals surface area (Å²) in [7, 11) is -1.06. The van der Waals surface area contributed by atoms with Gasteiger partial charge in [-0.15, -0.1) is 106 Å². The van der Waals surface area contributed by atoms with Crippen molar-refractivity contribution in [3.63, 3.8) is 0 Å². The van der Waals surface area contributed by atoms with Crippen molar-refractivity contribution in [3.05, 3.63) is 0 Å². The molecule has 1 atom stereocenters. The Morgan fingerprint density at radius 1 is 0.865 bits per heavy atom. The van der Waals surface area contributed by atoms with Crippen LogP contribution in [0.1, 0.15) is 0 Å². The van der Waals surface area contributed by atoms with Gasteiger partial charge in [0.25, 0.3) is 5.24 Å². The fourth-order valence-electron chi connectivity index (χ4n) is 1.44. The van der Waals surface area contributed by atoms with Gasteiger partial charge in [0.2, 0.25) is 6.40 Å². The van der Waals surface area contributed by atoms with E-state index in [2.05, 4.69) is 21.6 Å². The number of amides is 1. The lowest BCUT2D eigenvalue weighted by atomic mass is 11.2. The summed E-state index contributed by atoms with van der Waals surface area (Å²) >= 11 is 18.0. The van der Waals surface area contributed by atoms with Crippen molar-refractivity contribution < 1.29 is 23.9 Å². The van der Waals surface area contributed by atoms with Gasteiger partial charge >= 0.3 is 0 Å². The molecule has 0 aliphatic rings. The maximum absolute atomic E-state index is 11.8. The number of carbonyl (C=O) groups is 1. The third-order valence-electron chi connectivity index (χ3n) is 2.76. The molecule has 0 bridgehead atoms. The Morgan fingerprint density at radius 3 is 2.35 bits per heavy atom. The molecule has 0 aromatic rings. The molecule has 0 aliphatic heterocycles. The smallest absolute Gasteiger partial charge is 0.280 e. The molecule has 0 fully saturated rings. The van der Waals surface area contributed by atoms with Crippen LogP contribution in [-0.2, 0) is 20.6 Å². The van der Waals surface area contributed by atoms with Crippen LogP contribution >= 0.6 is 129 Å². The molecular weight excluding hydrogens is 711 g/mol. The van der Waals surface area contributed by atoms with Crippen LogP contribution < -0.4 is 5.32 Å². The first kappa shape index (κ1) is 39.5. The van der Waals surface area contributed by atoms with E-state index in [1.165, 1.54) is 47.2 Å². The maximum atomic E-state index is 11.8. The number of carbonyl (C=O) groups excluding carboxylic acids is 1. The molecule has 20 heteroatoms. The highest BCUT2D eigenvalue weighted by molar-refractivity contribution is 8.29. The Balaban J connectivity index is 3.29. The number of aliphatic imine (C=N–C) groups is 2. The molecule has 0 spiro atoms. The second-order valence-corrected chi connectivity index (χ2v) is 20.2. The molecule has 0 aliphatic carbocycles. The molecule has 8 nitrogen and oxygen atoms in total. The highest BCUT2D eigenvalue weighted by Crippen LogP contribution is 2.22. The molecule has 2 N–H and O–H groups in total. The number of aliphatic hydroxyl groups excluding tert-OH is 1. The minimum Gasteiger partial charge on any atom is -0.386 e. The average molecular weight is 744 g/mol. The van der Waals surface area contributed by atoms with Crippen molar-refractivity contribution in [1.29, 1.82) is 0 Å². The Bertz CT molecular complexity index is 598. The lowest BCUT2D eigenvalue weighted by molar-refractivity contribution is -0.196. The van der Waals surface area contributed by atoms with Crippen LogP contribution in [0.2, 0.25) is 0 Å². The number of thioether (sulfide) groups is 11. The Hall–Kier alpha value is 2.53. The van der Waals surface area contributed by atoms with Crippen LogP contribution in [0.25, 0.3) is 0 Å². The van der Waals surface area contributed by atoms with Crippen molar-refractivity contribution in [2.75, 3.05) is 76.4 Å². The number of aliphatic hydroxyl groups is 1. The Labute approximate surface area is 270 Å². The first-order valence-corrected chi connectivity index (χ1v) is 24.2. The van der Waals surface area contributed by atoms with Crippen molar-refractivity contribution in [2.24, 2.45) is 9.98 Å². The van der Waals surface area contributed by atoms with Crippen LogP contribution in [0.5, 0.6) is 0 Å². The zero-order chi connectivity index (χ0) is 27.1. The topological polar surface area (TPSA) is 110 Å². The predicted molar refractivity (Wildman–Crippen MR) is 191 cm³/mol. The van der Waals surface area contributed by atoms with E-state index in [4.69, 9.17) is 14.9 Å². The molecule has 0 saturated carbocycles. The van der Waals surface area contributed by atoms with Gasteiger partial charge in [-0.3, -0.25) is 14.0 Å². The summed E-state index contributed by atoms with van der Waals surface area (Å²) in [6, 6.07) is 0. The first-order valence-electron chi connectivity index (χ1n) is 10.0. The van der Waals surface area contributed by atoms with E-state index in [0.717, 1.165) is 35.6 Å². The summed E-state index contributed by atoms with van der Waals surface area (Å²) in [5, 5.41) is 18.2. The van der Waals surface area contributed by atoms with E-state index in [9.17, 15) is 9.00 Å². The van der Waals surface area contributed by atoms with Crippen LogP contribution in [0.15, 0.2) is 9.98 Å². The van der Waals surface area contributed by atoms with Gasteiger partial charge in [-0.1, -0.05) is 11.8 Å². The van der Waals surface area contributed by atoms with Crippen molar-refractivity contribution in [3.8, 4) is 0 Å². The number of hydrogen-bond donors (Lipinski definition) is 2. The van der Waals surface area contributed by atoms with E-state index in [-0.39, 0.29) is 11.2 Å². The number of nitrogens with one attached hydrogen (secondary N) is 1. The second-order valence-electron chi connectivity index (χ2n) is 5.50. The summed E-state index contributed by atoms with van der Waals surface area (Å²) in [6.45, 7) is 0. The number of nitrogens with zero attached hydrogens (tertiary/aromatic N) is 2. The second kappa shape index (κ2) is 34.7. The molecule has 0 radical (unpaired) electrons. The molecule has 1 unspecified atom stereocenters. The quantitative estimate of drug-likeness (QED) is 0.0225.